The zero-order chi connectivity index (χ0) is 11.6. The third-order valence-corrected chi connectivity index (χ3v) is 5.46. The second-order valence-corrected chi connectivity index (χ2v) is 6.69. The van der Waals surface area contributed by atoms with Gasteiger partial charge in [0.05, 0.1) is 0 Å². The Labute approximate surface area is 134 Å². The number of nitrogens with two attached hydrogens (primary N) is 1. The Morgan fingerprint density at radius 1 is 1.25 bits per heavy atom. The predicted molar refractivity (Wildman–Crippen MR) is 48.7 cm³/mol. The summed E-state index contributed by atoms with van der Waals surface area (Å²) in [5, 5.41) is 5.74. The predicted octanol–water partition coefficient (Wildman–Crippen LogP) is -5.73. The molecule has 9 nitrogen and oxygen atoms in total. The van der Waals surface area contributed by atoms with E-state index in [0.717, 1.165) is 0 Å². The van der Waals surface area contributed by atoms with Gasteiger partial charge < -0.3 is 40.5 Å². The first-order valence-corrected chi connectivity index (χ1v) is 6.77. The molecular weight excluding hydrogens is 291 g/mol. The average Bonchev–Trinajstić information content (AvgIpc) is 1.95. The molecule has 8 N–H and O–H groups in total. The summed E-state index contributed by atoms with van der Waals surface area (Å²) in [5.74, 6) is 0. The molecule has 94 valence electrons. The molecule has 0 spiro atoms. The normalized spacial score (nSPS) is 18.6. The summed E-state index contributed by atoms with van der Waals surface area (Å²) in [6, 6.07) is 0. The van der Waals surface area contributed by atoms with Crippen molar-refractivity contribution in [1.82, 2.24) is 0 Å². The van der Waals surface area contributed by atoms with Gasteiger partial charge in [0.25, 0.3) is 0 Å². The Hall–Kier alpha value is 1.82. The van der Waals surface area contributed by atoms with Gasteiger partial charge in [-0.3, -0.25) is 4.57 Å². The summed E-state index contributed by atoms with van der Waals surface area (Å²) in [7, 11) is -10.9. The van der Waals surface area contributed by atoms with Crippen molar-refractivity contribution >= 4 is 15.2 Å². The van der Waals surface area contributed by atoms with Gasteiger partial charge in [-0.1, -0.05) is 0 Å². The molecule has 2 atom stereocenters. The molecule has 0 rings (SSSR count). The average molecular weight is 305 g/mol. The number of hydrogen-bond donors (Lipinski definition) is 5. The second kappa shape index (κ2) is 8.08. The van der Waals surface area contributed by atoms with Crippen molar-refractivity contribution in [3.05, 3.63) is 0 Å². The first kappa shape index (κ1) is 23.0. The molecule has 0 bridgehead atoms. The Balaban J connectivity index is -0.000000845. The van der Waals surface area contributed by atoms with Crippen molar-refractivity contribution in [3.8, 4) is 0 Å². The summed E-state index contributed by atoms with van der Waals surface area (Å²) >= 11 is 0. The van der Waals surface area contributed by atoms with E-state index in [4.69, 9.17) is 20.4 Å². The maximum absolute atomic E-state index is 10.7. The van der Waals surface area contributed by atoms with E-state index in [1.54, 1.807) is 0 Å². The topological polar surface area (TPSA) is 196 Å². The van der Waals surface area contributed by atoms with E-state index < -0.39 is 26.7 Å². The van der Waals surface area contributed by atoms with Crippen LogP contribution in [0.5, 0.6) is 0 Å². The summed E-state index contributed by atoms with van der Waals surface area (Å²) < 4.78 is 21.3. The third-order valence-electron chi connectivity index (χ3n) is 1.64. The van der Waals surface area contributed by atoms with Crippen molar-refractivity contribution in [2.75, 3.05) is 6.54 Å². The maximum atomic E-state index is 10.7. The Morgan fingerprint density at radius 3 is 1.81 bits per heavy atom. The summed E-state index contributed by atoms with van der Waals surface area (Å²) in [5.41, 5.74) is 4.98. The zero-order valence-electron chi connectivity index (χ0n) is 8.61. The van der Waals surface area contributed by atoms with Crippen molar-refractivity contribution in [2.45, 2.75) is 17.9 Å². The van der Waals surface area contributed by atoms with Gasteiger partial charge in [-0.2, -0.15) is 0 Å². The smallest absolute Gasteiger partial charge is 0.776 e. The number of hydrogen-bond acceptors (Lipinski definition) is 5. The van der Waals surface area contributed by atoms with E-state index in [-0.39, 0.29) is 69.8 Å². The van der Waals surface area contributed by atoms with Gasteiger partial charge in [-0.25, -0.2) is 0 Å². The second-order valence-electron chi connectivity index (χ2n) is 2.73. The van der Waals surface area contributed by atoms with Crippen LogP contribution in [0.25, 0.3) is 0 Å². The zero-order valence-corrected chi connectivity index (χ0v) is 13.5. The van der Waals surface area contributed by atoms with Crippen molar-refractivity contribution in [3.63, 3.8) is 0 Å². The molecule has 0 aromatic carbocycles. The molecule has 16 heavy (non-hydrogen) atoms. The van der Waals surface area contributed by atoms with Crippen LogP contribution in [0.1, 0.15) is 12.8 Å². The van der Waals surface area contributed by atoms with Gasteiger partial charge in [0, 0.05) is 0 Å². The molecule has 12 heteroatoms. The molecule has 0 aliphatic heterocycles. The van der Waals surface area contributed by atoms with Crippen LogP contribution >= 0.6 is 15.2 Å². The minimum absolute atomic E-state index is 0. The van der Waals surface area contributed by atoms with Crippen molar-refractivity contribution in [1.29, 1.82) is 0 Å². The van der Waals surface area contributed by atoms with E-state index in [2.05, 4.69) is 0 Å². The summed E-state index contributed by atoms with van der Waals surface area (Å²) in [6.45, 7) is -0.0672. The van der Waals surface area contributed by atoms with Gasteiger partial charge in [0.15, 0.2) is 7.60 Å². The van der Waals surface area contributed by atoms with Crippen LogP contribution in [-0.4, -0.2) is 36.9 Å². The molecule has 0 amide bonds. The molecular formula is C4H14KNO8P2. The molecule has 0 heterocycles. The fourth-order valence-corrected chi connectivity index (χ4v) is 3.00. The Morgan fingerprint density at radius 2 is 1.62 bits per heavy atom. The number of rotatable bonds is 5. The van der Waals surface area contributed by atoms with Crippen molar-refractivity contribution in [2.24, 2.45) is 5.73 Å². The molecule has 0 radical (unpaired) electrons. The standard InChI is InChI=1S/C4H13NO7P2.K.H2O/c5-3-1-2-4(6,13(7,8)9)14(10,11)12;;/h6H,1-3,5H2,(H2,7,8,9)(H2,10,11,12);;1H2/q;+1;/p-1. The SMILES string of the molecule is NCCCC(O)(P(=O)([O-])O)P(=O)(O)O.O.[K+]. The Bertz CT molecular complexity index is 264. The van der Waals surface area contributed by atoms with E-state index in [1.807, 2.05) is 0 Å². The van der Waals surface area contributed by atoms with Crippen LogP contribution < -0.4 is 62.0 Å². The van der Waals surface area contributed by atoms with E-state index in [1.165, 1.54) is 0 Å². The van der Waals surface area contributed by atoms with Crippen LogP contribution in [0.3, 0.4) is 0 Å². The summed E-state index contributed by atoms with van der Waals surface area (Å²) in [4.78, 5) is 36.3. The quantitative estimate of drug-likeness (QED) is 0.244. The van der Waals surface area contributed by atoms with Crippen LogP contribution in [0, 0.1) is 0 Å². The van der Waals surface area contributed by atoms with Gasteiger partial charge in [-0.15, -0.1) is 0 Å². The molecule has 0 aromatic rings. The van der Waals surface area contributed by atoms with Gasteiger partial charge in [0.1, 0.15) is 0 Å². The third kappa shape index (κ3) is 5.64. The fraction of sp³-hybridized carbons (Fsp3) is 1.00. The maximum Gasteiger partial charge on any atom is 1.00 e. The van der Waals surface area contributed by atoms with Crippen LogP contribution in [0.2, 0.25) is 0 Å². The first-order valence-electron chi connectivity index (χ1n) is 3.58. The van der Waals surface area contributed by atoms with Crippen LogP contribution in [-0.2, 0) is 9.13 Å². The van der Waals surface area contributed by atoms with E-state index >= 15 is 0 Å². The molecule has 0 aromatic heterocycles. The largest absolute Gasteiger partial charge is 1.00 e. The molecule has 0 saturated heterocycles. The number of aliphatic hydroxyl groups is 1. The molecule has 0 aliphatic rings. The molecule has 0 aliphatic carbocycles. The Kier molecular flexibility index (Phi) is 11.6. The molecule has 0 fully saturated rings. The van der Waals surface area contributed by atoms with Crippen LogP contribution in [0.4, 0.5) is 0 Å². The van der Waals surface area contributed by atoms with Crippen LogP contribution in [0.15, 0.2) is 0 Å². The van der Waals surface area contributed by atoms with Gasteiger partial charge in [0.2, 0.25) is 5.08 Å². The van der Waals surface area contributed by atoms with E-state index in [9.17, 15) is 19.1 Å². The summed E-state index contributed by atoms with van der Waals surface area (Å²) in [6.07, 6.45) is -0.959. The minimum atomic E-state index is -5.55. The van der Waals surface area contributed by atoms with E-state index in [0.29, 0.717) is 0 Å². The fourth-order valence-electron chi connectivity index (χ4n) is 0.791. The van der Waals surface area contributed by atoms with Gasteiger partial charge in [-0.05, 0) is 19.4 Å². The minimum Gasteiger partial charge on any atom is -0.776 e. The van der Waals surface area contributed by atoms with Crippen molar-refractivity contribution < 1.29 is 90.7 Å². The van der Waals surface area contributed by atoms with Gasteiger partial charge >= 0.3 is 59.0 Å². The molecule has 0 saturated carbocycles. The first-order chi connectivity index (χ1) is 6.06. The molecule has 2 unspecified atom stereocenters. The monoisotopic (exact) mass is 305 g/mol.